The van der Waals surface area contributed by atoms with Crippen molar-refractivity contribution in [3.63, 3.8) is 0 Å². The summed E-state index contributed by atoms with van der Waals surface area (Å²) in [6.45, 7) is 0.555. The highest BCUT2D eigenvalue weighted by Crippen LogP contribution is 2.29. The molecule has 4 rings (SSSR count). The van der Waals surface area contributed by atoms with Crippen LogP contribution in [0.15, 0.2) is 35.6 Å². The number of rotatable bonds is 3. The van der Waals surface area contributed by atoms with Gasteiger partial charge in [-0.2, -0.15) is 4.39 Å². The maximum Gasteiger partial charge on any atom is 0.227 e. The summed E-state index contributed by atoms with van der Waals surface area (Å²) in [7, 11) is 0. The van der Waals surface area contributed by atoms with E-state index < -0.39 is 5.95 Å². The predicted octanol–water partition coefficient (Wildman–Crippen LogP) is 2.97. The lowest BCUT2D eigenvalue weighted by atomic mass is 10.0. The molecule has 2 unspecified atom stereocenters. The number of aromatic amines is 1. The van der Waals surface area contributed by atoms with Gasteiger partial charge in [0.1, 0.15) is 0 Å². The number of amides is 1. The first-order chi connectivity index (χ1) is 12.6. The van der Waals surface area contributed by atoms with E-state index in [-0.39, 0.29) is 24.4 Å². The standard InChI is InChI=1S/C17H17ClFN5O2/c18-11-7-13(20-8-11)16-22-17(26-23-16)10-2-1-5-24(15(25)6-10)12-3-4-14(19)21-9-12/h3-4,7-10,16,20,23H,1-2,5-6H2. The van der Waals surface area contributed by atoms with Crippen LogP contribution in [0.5, 0.6) is 0 Å². The van der Waals surface area contributed by atoms with Crippen LogP contribution in [0.2, 0.25) is 5.02 Å². The van der Waals surface area contributed by atoms with E-state index in [2.05, 4.69) is 20.4 Å². The molecule has 7 nitrogen and oxygen atoms in total. The van der Waals surface area contributed by atoms with Crippen LogP contribution in [0.25, 0.3) is 0 Å². The lowest BCUT2D eigenvalue weighted by Gasteiger charge is -2.20. The normalized spacial score (nSPS) is 23.5. The molecular formula is C17H17ClFN5O2. The van der Waals surface area contributed by atoms with E-state index in [1.807, 2.05) is 0 Å². The van der Waals surface area contributed by atoms with Crippen molar-refractivity contribution >= 4 is 29.1 Å². The Bertz CT molecular complexity index is 838. The van der Waals surface area contributed by atoms with E-state index in [1.165, 1.54) is 12.3 Å². The first-order valence-corrected chi connectivity index (χ1v) is 8.74. The van der Waals surface area contributed by atoms with E-state index in [0.29, 0.717) is 23.2 Å². The van der Waals surface area contributed by atoms with Gasteiger partial charge in [-0.15, -0.1) is 5.48 Å². The average molecular weight is 378 g/mol. The summed E-state index contributed by atoms with van der Waals surface area (Å²) in [5, 5.41) is 0.596. The number of hydrogen-bond donors (Lipinski definition) is 2. The number of halogens is 2. The van der Waals surface area contributed by atoms with Crippen molar-refractivity contribution in [2.45, 2.75) is 25.4 Å². The lowest BCUT2D eigenvalue weighted by Crippen LogP contribution is -2.31. The molecule has 26 heavy (non-hydrogen) atoms. The summed E-state index contributed by atoms with van der Waals surface area (Å²) in [6, 6.07) is 4.60. The number of nitrogens with zero attached hydrogens (tertiary/aromatic N) is 3. The maximum absolute atomic E-state index is 13.0. The molecule has 2 aromatic rings. The number of aromatic nitrogens is 2. The zero-order valence-electron chi connectivity index (χ0n) is 13.8. The molecule has 9 heteroatoms. The van der Waals surface area contributed by atoms with Crippen molar-refractivity contribution in [3.05, 3.63) is 47.3 Å². The Labute approximate surface area is 154 Å². The number of anilines is 1. The summed E-state index contributed by atoms with van der Waals surface area (Å²) in [5.74, 6) is -0.209. The third-order valence-electron chi connectivity index (χ3n) is 4.53. The molecule has 0 aromatic carbocycles. The number of pyridine rings is 1. The fourth-order valence-electron chi connectivity index (χ4n) is 3.22. The topological polar surface area (TPSA) is 82.6 Å². The summed E-state index contributed by atoms with van der Waals surface area (Å²) < 4.78 is 13.0. The first kappa shape index (κ1) is 17.0. The van der Waals surface area contributed by atoms with Gasteiger partial charge in [0.15, 0.2) is 6.17 Å². The average Bonchev–Trinajstić information content (AvgIpc) is 3.23. The van der Waals surface area contributed by atoms with Crippen molar-refractivity contribution in [3.8, 4) is 0 Å². The van der Waals surface area contributed by atoms with Gasteiger partial charge in [-0.3, -0.25) is 4.79 Å². The summed E-state index contributed by atoms with van der Waals surface area (Å²) in [4.78, 5) is 31.0. The summed E-state index contributed by atoms with van der Waals surface area (Å²) in [6.07, 6.45) is 4.52. The molecule has 0 saturated carbocycles. The highest BCUT2D eigenvalue weighted by molar-refractivity contribution is 6.30. The minimum absolute atomic E-state index is 0.0569. The lowest BCUT2D eigenvalue weighted by molar-refractivity contribution is -0.118. The van der Waals surface area contributed by atoms with Crippen LogP contribution in [-0.2, 0) is 9.63 Å². The van der Waals surface area contributed by atoms with Crippen LogP contribution in [-0.4, -0.2) is 28.3 Å². The number of hydrogen-bond acceptors (Lipinski definition) is 5. The van der Waals surface area contributed by atoms with Crippen molar-refractivity contribution in [1.29, 1.82) is 0 Å². The number of nitrogens with one attached hydrogen (secondary N) is 2. The molecule has 2 aromatic heterocycles. The molecule has 2 aliphatic heterocycles. The second kappa shape index (κ2) is 7.05. The molecule has 2 N–H and O–H groups in total. The van der Waals surface area contributed by atoms with Crippen molar-refractivity contribution in [2.75, 3.05) is 11.4 Å². The van der Waals surface area contributed by atoms with Crippen LogP contribution in [0, 0.1) is 11.9 Å². The van der Waals surface area contributed by atoms with E-state index in [4.69, 9.17) is 16.4 Å². The molecule has 1 saturated heterocycles. The number of hydroxylamine groups is 1. The molecule has 136 valence electrons. The first-order valence-electron chi connectivity index (χ1n) is 8.36. The fraction of sp³-hybridized carbons (Fsp3) is 0.353. The third kappa shape index (κ3) is 3.42. The second-order valence-corrected chi connectivity index (χ2v) is 6.73. The Hall–Kier alpha value is -2.45. The molecule has 1 amide bonds. The molecular weight excluding hydrogens is 361 g/mol. The van der Waals surface area contributed by atoms with Gasteiger partial charge in [0.05, 0.1) is 22.6 Å². The Morgan fingerprint density at radius 1 is 1.38 bits per heavy atom. The van der Waals surface area contributed by atoms with Crippen LogP contribution >= 0.6 is 11.6 Å². The van der Waals surface area contributed by atoms with Gasteiger partial charge in [0.25, 0.3) is 0 Å². The quantitative estimate of drug-likeness (QED) is 0.805. The molecule has 0 spiro atoms. The van der Waals surface area contributed by atoms with Crippen LogP contribution < -0.4 is 10.4 Å². The van der Waals surface area contributed by atoms with Crippen LogP contribution in [0.4, 0.5) is 10.1 Å². The van der Waals surface area contributed by atoms with Crippen LogP contribution in [0.1, 0.15) is 31.1 Å². The monoisotopic (exact) mass is 377 g/mol. The van der Waals surface area contributed by atoms with Gasteiger partial charge < -0.3 is 14.7 Å². The number of aliphatic imine (C=N–C) groups is 1. The van der Waals surface area contributed by atoms with E-state index in [0.717, 1.165) is 18.5 Å². The molecule has 4 heterocycles. The molecule has 2 aliphatic rings. The fourth-order valence-corrected chi connectivity index (χ4v) is 3.39. The van der Waals surface area contributed by atoms with Gasteiger partial charge >= 0.3 is 0 Å². The summed E-state index contributed by atoms with van der Waals surface area (Å²) in [5.41, 5.74) is 4.24. The Morgan fingerprint density at radius 3 is 3.00 bits per heavy atom. The van der Waals surface area contributed by atoms with Gasteiger partial charge in [-0.1, -0.05) is 11.6 Å². The Balaban J connectivity index is 1.47. The number of H-pyrrole nitrogens is 1. The van der Waals surface area contributed by atoms with Gasteiger partial charge in [-0.25, -0.2) is 9.98 Å². The second-order valence-electron chi connectivity index (χ2n) is 6.29. The van der Waals surface area contributed by atoms with Gasteiger partial charge in [0.2, 0.25) is 17.8 Å². The zero-order valence-corrected chi connectivity index (χ0v) is 14.5. The smallest absolute Gasteiger partial charge is 0.227 e. The molecule has 1 fully saturated rings. The Kier molecular flexibility index (Phi) is 4.60. The van der Waals surface area contributed by atoms with Crippen molar-refractivity contribution in [1.82, 2.24) is 15.4 Å². The van der Waals surface area contributed by atoms with E-state index >= 15 is 0 Å². The SMILES string of the molecule is O=C1CC(C2=NC(c3cc(Cl)c[nH]3)NO2)CCCN1c1ccc(F)nc1. The zero-order chi connectivity index (χ0) is 18.1. The Morgan fingerprint density at radius 2 is 2.27 bits per heavy atom. The predicted molar refractivity (Wildman–Crippen MR) is 94.1 cm³/mol. The van der Waals surface area contributed by atoms with Crippen molar-refractivity contribution in [2.24, 2.45) is 10.9 Å². The number of carbonyl (C=O) groups excluding carboxylic acids is 1. The maximum atomic E-state index is 13.0. The largest absolute Gasteiger partial charge is 0.391 e. The minimum Gasteiger partial charge on any atom is -0.391 e. The molecule has 0 radical (unpaired) electrons. The highest BCUT2D eigenvalue weighted by Gasteiger charge is 2.33. The highest BCUT2D eigenvalue weighted by atomic mass is 35.5. The van der Waals surface area contributed by atoms with E-state index in [1.54, 1.807) is 23.2 Å². The molecule has 0 bridgehead atoms. The summed E-state index contributed by atoms with van der Waals surface area (Å²) >= 11 is 5.92. The van der Waals surface area contributed by atoms with E-state index in [9.17, 15) is 9.18 Å². The van der Waals surface area contributed by atoms with Gasteiger partial charge in [0, 0.05) is 25.1 Å². The van der Waals surface area contributed by atoms with Crippen molar-refractivity contribution < 1.29 is 14.0 Å². The number of carbonyl (C=O) groups is 1. The van der Waals surface area contributed by atoms with Gasteiger partial charge in [-0.05, 0) is 31.0 Å². The molecule has 2 atom stereocenters. The third-order valence-corrected chi connectivity index (χ3v) is 4.74. The molecule has 0 aliphatic carbocycles. The minimum atomic E-state index is -0.566. The van der Waals surface area contributed by atoms with Crippen LogP contribution in [0.3, 0.4) is 0 Å².